The molecule has 1 fully saturated rings. The summed E-state index contributed by atoms with van der Waals surface area (Å²) in [5.74, 6) is -1.89. The summed E-state index contributed by atoms with van der Waals surface area (Å²) in [4.78, 5) is 45.7. The molecular weight excluding hydrogens is 392 g/mol. The molecule has 0 bridgehead atoms. The van der Waals surface area contributed by atoms with Crippen molar-refractivity contribution in [3.8, 4) is 17.6 Å². The number of amides is 1. The SMILES string of the molecule is CCN(CC=NC1(C=O)CCC1)C(=O)/C(C#N)=C/c1cc(O)c(O)c([N+](=O)OC)c1. The monoisotopic (exact) mass is 415 g/mol. The van der Waals surface area contributed by atoms with Crippen LogP contribution in [0, 0.1) is 16.2 Å². The van der Waals surface area contributed by atoms with Crippen molar-refractivity contribution in [3.63, 3.8) is 0 Å². The molecule has 1 saturated carbocycles. The lowest BCUT2D eigenvalue weighted by atomic mass is 9.79. The molecule has 30 heavy (non-hydrogen) atoms. The Balaban J connectivity index is 2.25. The molecule has 0 aromatic heterocycles. The average Bonchev–Trinajstić information content (AvgIpc) is 2.72. The molecule has 1 aliphatic carbocycles. The lowest BCUT2D eigenvalue weighted by molar-refractivity contribution is -0.736. The molecule has 1 amide bonds. The number of carbonyl (C=O) groups is 2. The number of phenolic OH excluding ortho intramolecular Hbond substituents is 2. The number of hydrogen-bond acceptors (Lipinski definition) is 8. The van der Waals surface area contributed by atoms with E-state index in [-0.39, 0.29) is 28.3 Å². The first-order valence-electron chi connectivity index (χ1n) is 9.29. The maximum absolute atomic E-state index is 12.7. The largest absolute Gasteiger partial charge is 0.504 e. The molecule has 1 aliphatic rings. The van der Waals surface area contributed by atoms with Crippen LogP contribution in [0.3, 0.4) is 0 Å². The van der Waals surface area contributed by atoms with Gasteiger partial charge in [-0.2, -0.15) is 5.26 Å². The molecule has 10 heteroatoms. The third kappa shape index (κ3) is 4.81. The maximum Gasteiger partial charge on any atom is 0.362 e. The van der Waals surface area contributed by atoms with Gasteiger partial charge in [0.2, 0.25) is 5.75 Å². The van der Waals surface area contributed by atoms with Gasteiger partial charge in [0.05, 0.1) is 11.5 Å². The smallest absolute Gasteiger partial charge is 0.362 e. The van der Waals surface area contributed by atoms with E-state index < -0.39 is 22.9 Å². The van der Waals surface area contributed by atoms with Gasteiger partial charge in [-0.1, -0.05) is 0 Å². The molecule has 1 aromatic carbocycles. The summed E-state index contributed by atoms with van der Waals surface area (Å²) in [5.41, 5.74) is -1.18. The Morgan fingerprint density at radius 3 is 2.63 bits per heavy atom. The second-order valence-corrected chi connectivity index (χ2v) is 6.75. The van der Waals surface area contributed by atoms with E-state index >= 15 is 0 Å². The summed E-state index contributed by atoms with van der Waals surface area (Å²) >= 11 is 0. The molecule has 158 valence electrons. The molecule has 1 aromatic rings. The summed E-state index contributed by atoms with van der Waals surface area (Å²) in [7, 11) is 1.08. The lowest BCUT2D eigenvalue weighted by Gasteiger charge is -2.32. The van der Waals surface area contributed by atoms with E-state index in [0.717, 1.165) is 25.9 Å². The number of benzene rings is 1. The van der Waals surface area contributed by atoms with Crippen molar-refractivity contribution in [3.05, 3.63) is 28.2 Å². The highest BCUT2D eigenvalue weighted by molar-refractivity contribution is 6.02. The van der Waals surface area contributed by atoms with Crippen molar-refractivity contribution in [2.24, 2.45) is 4.99 Å². The zero-order chi connectivity index (χ0) is 22.3. The van der Waals surface area contributed by atoms with Gasteiger partial charge in [-0.25, -0.2) is 4.84 Å². The minimum Gasteiger partial charge on any atom is -0.504 e. The average molecular weight is 415 g/mol. The third-order valence-electron chi connectivity index (χ3n) is 4.87. The fraction of sp³-hybridized carbons (Fsp3) is 0.400. The Morgan fingerprint density at radius 1 is 1.43 bits per heavy atom. The van der Waals surface area contributed by atoms with Crippen LogP contribution in [0.15, 0.2) is 22.7 Å². The van der Waals surface area contributed by atoms with Gasteiger partial charge in [0.25, 0.3) is 10.8 Å². The predicted molar refractivity (Wildman–Crippen MR) is 107 cm³/mol. The van der Waals surface area contributed by atoms with Gasteiger partial charge in [-0.3, -0.25) is 9.79 Å². The summed E-state index contributed by atoms with van der Waals surface area (Å²) in [6.45, 7) is 2.15. The molecule has 2 N–H and O–H groups in total. The van der Waals surface area contributed by atoms with Crippen LogP contribution in [0.2, 0.25) is 0 Å². The normalized spacial score (nSPS) is 15.2. The van der Waals surface area contributed by atoms with Crippen LogP contribution in [0.5, 0.6) is 11.5 Å². The van der Waals surface area contributed by atoms with E-state index in [1.54, 1.807) is 13.0 Å². The standard InChI is InChI=1S/C20H22N4O6/c1-3-23(8-7-22-20(13-25)5-4-6-20)19(28)15(12-21)9-14-10-16(24(29)30-2)18(27)17(26)11-14/h7,9-11,13H,3-6,8H2,1-2H3,(H-,26,27,28,29)/p+1. The van der Waals surface area contributed by atoms with E-state index in [1.807, 2.05) is 0 Å². The number of phenols is 2. The van der Waals surface area contributed by atoms with Gasteiger partial charge in [0, 0.05) is 18.8 Å². The quantitative estimate of drug-likeness (QED) is 0.157. The fourth-order valence-electron chi connectivity index (χ4n) is 2.92. The number of likely N-dealkylation sites (N-methyl/N-ethyl adjacent to an activating group) is 1. The van der Waals surface area contributed by atoms with Gasteiger partial charge < -0.3 is 19.9 Å². The first-order valence-corrected chi connectivity index (χ1v) is 9.29. The van der Waals surface area contributed by atoms with Crippen molar-refractivity contribution >= 4 is 30.2 Å². The summed E-state index contributed by atoms with van der Waals surface area (Å²) < 4.78 is 0. The summed E-state index contributed by atoms with van der Waals surface area (Å²) in [5, 5.41) is 29.0. The van der Waals surface area contributed by atoms with Crippen molar-refractivity contribution in [1.82, 2.24) is 4.90 Å². The maximum atomic E-state index is 12.7. The van der Waals surface area contributed by atoms with Gasteiger partial charge in [0.1, 0.15) is 23.5 Å². The van der Waals surface area contributed by atoms with E-state index in [9.17, 15) is 30.0 Å². The molecule has 0 heterocycles. The van der Waals surface area contributed by atoms with Crippen molar-refractivity contribution in [2.45, 2.75) is 31.7 Å². The number of aliphatic imine (C=N–C) groups is 1. The number of nitrogens with zero attached hydrogens (tertiary/aromatic N) is 4. The topological polar surface area (TPSA) is 143 Å². The van der Waals surface area contributed by atoms with Crippen LogP contribution in [-0.2, 0) is 14.4 Å². The van der Waals surface area contributed by atoms with Crippen LogP contribution < -0.4 is 0 Å². The minimum absolute atomic E-state index is 0.0155. The Kier molecular flexibility index (Phi) is 7.25. The first kappa shape index (κ1) is 22.5. The molecule has 0 unspecified atom stereocenters. The zero-order valence-electron chi connectivity index (χ0n) is 16.7. The molecule has 2 rings (SSSR count). The van der Waals surface area contributed by atoms with Crippen LogP contribution >= 0.6 is 0 Å². The Hall–Kier alpha value is -3.74. The number of aldehydes is 1. The lowest BCUT2D eigenvalue weighted by Crippen LogP contribution is -2.38. The molecule has 10 nitrogen and oxygen atoms in total. The number of hydrogen-bond donors (Lipinski definition) is 2. The van der Waals surface area contributed by atoms with E-state index in [4.69, 9.17) is 0 Å². The number of carbonyl (C=O) groups excluding carboxylic acids is 2. The third-order valence-corrected chi connectivity index (χ3v) is 4.87. The van der Waals surface area contributed by atoms with Crippen molar-refractivity contribution < 1.29 is 29.6 Å². The Bertz CT molecular complexity index is 943. The van der Waals surface area contributed by atoms with Crippen molar-refractivity contribution in [1.29, 1.82) is 5.26 Å². The second kappa shape index (κ2) is 9.65. The molecule has 0 aliphatic heterocycles. The van der Waals surface area contributed by atoms with Gasteiger partial charge in [-0.15, -0.1) is 0 Å². The van der Waals surface area contributed by atoms with Crippen molar-refractivity contribution in [2.75, 3.05) is 20.2 Å². The molecule has 0 saturated heterocycles. The highest BCUT2D eigenvalue weighted by Gasteiger charge is 2.35. The number of rotatable bonds is 9. The summed E-state index contributed by atoms with van der Waals surface area (Å²) in [6, 6.07) is 4.08. The molecule has 0 atom stereocenters. The Morgan fingerprint density at radius 2 is 2.13 bits per heavy atom. The van der Waals surface area contributed by atoms with Crippen LogP contribution in [0.4, 0.5) is 5.69 Å². The fourth-order valence-corrected chi connectivity index (χ4v) is 2.92. The minimum atomic E-state index is -0.694. The van der Waals surface area contributed by atoms with Gasteiger partial charge in [-0.05, 0) is 43.9 Å². The molecule has 0 radical (unpaired) electrons. The molecular formula is C20H23N4O6+. The Labute approximate surface area is 173 Å². The van der Waals surface area contributed by atoms with Crippen LogP contribution in [0.25, 0.3) is 6.08 Å². The van der Waals surface area contributed by atoms with Crippen LogP contribution in [-0.4, -0.2) is 64.2 Å². The number of aromatic hydroxyl groups is 2. The van der Waals surface area contributed by atoms with E-state index in [0.29, 0.717) is 19.4 Å². The van der Waals surface area contributed by atoms with E-state index in [2.05, 4.69) is 9.83 Å². The van der Waals surface area contributed by atoms with Crippen LogP contribution in [0.1, 0.15) is 31.7 Å². The van der Waals surface area contributed by atoms with Gasteiger partial charge in [0.15, 0.2) is 12.9 Å². The highest BCUT2D eigenvalue weighted by atomic mass is 16.8. The second-order valence-electron chi connectivity index (χ2n) is 6.75. The highest BCUT2D eigenvalue weighted by Crippen LogP contribution is 2.37. The number of nitriles is 1. The van der Waals surface area contributed by atoms with E-state index in [1.165, 1.54) is 23.3 Å². The van der Waals surface area contributed by atoms with Gasteiger partial charge >= 0.3 is 5.69 Å². The predicted octanol–water partition coefficient (Wildman–Crippen LogP) is 2.02. The first-order chi connectivity index (χ1) is 14.3. The zero-order valence-corrected chi connectivity index (χ0v) is 16.7. The molecule has 0 spiro atoms. The summed E-state index contributed by atoms with van der Waals surface area (Å²) in [6.07, 6.45) is 5.80.